The molecule has 3 unspecified atom stereocenters. The molecule has 1 aliphatic rings. The monoisotopic (exact) mass is 250 g/mol. The Balaban J connectivity index is 1.98. The molecular formula is C15H26N2O. The second kappa shape index (κ2) is 5.87. The largest absolute Gasteiger partial charge is 0.393 e. The van der Waals surface area contributed by atoms with Gasteiger partial charge in [0.1, 0.15) is 0 Å². The van der Waals surface area contributed by atoms with Gasteiger partial charge in [-0.1, -0.05) is 13.3 Å². The number of aromatic nitrogens is 2. The molecule has 1 aromatic rings. The van der Waals surface area contributed by atoms with Gasteiger partial charge in [-0.05, 0) is 57.4 Å². The molecule has 1 aromatic heterocycles. The molecule has 3 atom stereocenters. The van der Waals surface area contributed by atoms with Crippen LogP contribution in [0.1, 0.15) is 58.2 Å². The summed E-state index contributed by atoms with van der Waals surface area (Å²) in [6.45, 7) is 6.53. The van der Waals surface area contributed by atoms with E-state index in [0.29, 0.717) is 12.0 Å². The van der Waals surface area contributed by atoms with Crippen molar-refractivity contribution in [1.29, 1.82) is 0 Å². The molecule has 0 bridgehead atoms. The quantitative estimate of drug-likeness (QED) is 0.891. The van der Waals surface area contributed by atoms with Crippen LogP contribution in [-0.4, -0.2) is 21.0 Å². The van der Waals surface area contributed by atoms with Crippen molar-refractivity contribution in [1.82, 2.24) is 9.78 Å². The van der Waals surface area contributed by atoms with Gasteiger partial charge in [0.25, 0.3) is 0 Å². The molecule has 1 N–H and O–H groups in total. The minimum atomic E-state index is -0.128. The Morgan fingerprint density at radius 3 is 2.83 bits per heavy atom. The van der Waals surface area contributed by atoms with E-state index in [1.165, 1.54) is 12.8 Å². The van der Waals surface area contributed by atoms with Gasteiger partial charge in [-0.25, -0.2) is 0 Å². The first kappa shape index (κ1) is 13.6. The van der Waals surface area contributed by atoms with Crippen molar-refractivity contribution >= 4 is 0 Å². The number of aliphatic hydroxyl groups is 1. The Hall–Kier alpha value is -0.830. The lowest BCUT2D eigenvalue weighted by atomic mass is 9.76. The highest BCUT2D eigenvalue weighted by atomic mass is 16.3. The van der Waals surface area contributed by atoms with Gasteiger partial charge in [0.05, 0.1) is 11.8 Å². The van der Waals surface area contributed by atoms with Crippen molar-refractivity contribution in [3.05, 3.63) is 18.0 Å². The molecule has 0 amide bonds. The second-order valence-electron chi connectivity index (χ2n) is 6.00. The SMILES string of the molecule is CCC1CCC(O)C(Cc2ccn(C(C)C)n2)C1. The maximum Gasteiger partial charge on any atom is 0.0628 e. The van der Waals surface area contributed by atoms with E-state index in [2.05, 4.69) is 31.9 Å². The van der Waals surface area contributed by atoms with Crippen LogP contribution >= 0.6 is 0 Å². The number of rotatable bonds is 4. The first-order valence-corrected chi connectivity index (χ1v) is 7.32. The first-order valence-electron chi connectivity index (χ1n) is 7.32. The van der Waals surface area contributed by atoms with Crippen molar-refractivity contribution in [3.63, 3.8) is 0 Å². The van der Waals surface area contributed by atoms with Gasteiger partial charge in [-0.3, -0.25) is 4.68 Å². The van der Waals surface area contributed by atoms with Crippen LogP contribution in [0.25, 0.3) is 0 Å². The fourth-order valence-electron chi connectivity index (χ4n) is 2.98. The van der Waals surface area contributed by atoms with E-state index in [1.807, 2.05) is 10.9 Å². The molecular weight excluding hydrogens is 224 g/mol. The summed E-state index contributed by atoms with van der Waals surface area (Å²) < 4.78 is 2.00. The van der Waals surface area contributed by atoms with Crippen LogP contribution in [0.15, 0.2) is 12.3 Å². The third-order valence-electron chi connectivity index (χ3n) is 4.29. The highest BCUT2D eigenvalue weighted by molar-refractivity contribution is 5.02. The number of hydrogen-bond acceptors (Lipinski definition) is 2. The van der Waals surface area contributed by atoms with Crippen molar-refractivity contribution < 1.29 is 5.11 Å². The van der Waals surface area contributed by atoms with Crippen LogP contribution < -0.4 is 0 Å². The van der Waals surface area contributed by atoms with Gasteiger partial charge in [-0.2, -0.15) is 5.10 Å². The van der Waals surface area contributed by atoms with Crippen LogP contribution in [-0.2, 0) is 6.42 Å². The summed E-state index contributed by atoms with van der Waals surface area (Å²) >= 11 is 0. The molecule has 1 heterocycles. The maximum atomic E-state index is 10.1. The minimum Gasteiger partial charge on any atom is -0.393 e. The Morgan fingerprint density at radius 1 is 1.44 bits per heavy atom. The van der Waals surface area contributed by atoms with Crippen LogP contribution in [0.2, 0.25) is 0 Å². The fourth-order valence-corrected chi connectivity index (χ4v) is 2.98. The fraction of sp³-hybridized carbons (Fsp3) is 0.800. The predicted molar refractivity (Wildman–Crippen MR) is 73.4 cm³/mol. The molecule has 102 valence electrons. The molecule has 0 radical (unpaired) electrons. The van der Waals surface area contributed by atoms with Crippen molar-refractivity contribution in [3.8, 4) is 0 Å². The Labute approximate surface area is 110 Å². The molecule has 18 heavy (non-hydrogen) atoms. The second-order valence-corrected chi connectivity index (χ2v) is 6.00. The van der Waals surface area contributed by atoms with Crippen molar-refractivity contribution in [2.75, 3.05) is 0 Å². The van der Waals surface area contributed by atoms with Gasteiger partial charge < -0.3 is 5.11 Å². The molecule has 0 aliphatic heterocycles. The van der Waals surface area contributed by atoms with Crippen LogP contribution in [0, 0.1) is 11.8 Å². The molecule has 0 aromatic carbocycles. The van der Waals surface area contributed by atoms with E-state index in [0.717, 1.165) is 30.9 Å². The molecule has 2 rings (SSSR count). The smallest absolute Gasteiger partial charge is 0.0628 e. The topological polar surface area (TPSA) is 38.0 Å². The molecule has 3 nitrogen and oxygen atoms in total. The third kappa shape index (κ3) is 3.14. The van der Waals surface area contributed by atoms with E-state index in [9.17, 15) is 5.11 Å². The van der Waals surface area contributed by atoms with Crippen LogP contribution in [0.5, 0.6) is 0 Å². The summed E-state index contributed by atoms with van der Waals surface area (Å²) in [5.41, 5.74) is 1.13. The summed E-state index contributed by atoms with van der Waals surface area (Å²) in [6, 6.07) is 2.51. The zero-order valence-corrected chi connectivity index (χ0v) is 11.8. The van der Waals surface area contributed by atoms with E-state index in [-0.39, 0.29) is 6.10 Å². The standard InChI is InChI=1S/C15H26N2O/c1-4-12-5-6-15(18)13(9-12)10-14-7-8-17(16-14)11(2)3/h7-8,11-13,15,18H,4-6,9-10H2,1-3H3. The first-order chi connectivity index (χ1) is 8.60. The summed E-state index contributed by atoms with van der Waals surface area (Å²) in [4.78, 5) is 0. The third-order valence-corrected chi connectivity index (χ3v) is 4.29. The zero-order chi connectivity index (χ0) is 13.1. The number of aliphatic hydroxyl groups excluding tert-OH is 1. The summed E-state index contributed by atoms with van der Waals surface area (Å²) in [6.07, 6.45) is 7.40. The summed E-state index contributed by atoms with van der Waals surface area (Å²) in [7, 11) is 0. The van der Waals surface area contributed by atoms with E-state index >= 15 is 0 Å². The van der Waals surface area contributed by atoms with Crippen molar-refractivity contribution in [2.45, 2.75) is 65.0 Å². The van der Waals surface area contributed by atoms with Crippen LogP contribution in [0.3, 0.4) is 0 Å². The molecule has 0 saturated heterocycles. The zero-order valence-electron chi connectivity index (χ0n) is 11.8. The summed E-state index contributed by atoms with van der Waals surface area (Å²) in [5.74, 6) is 1.20. The van der Waals surface area contributed by atoms with Crippen molar-refractivity contribution in [2.24, 2.45) is 11.8 Å². The minimum absolute atomic E-state index is 0.128. The van der Waals surface area contributed by atoms with Gasteiger partial charge in [0, 0.05) is 12.2 Å². The average Bonchev–Trinajstić information content (AvgIpc) is 2.81. The molecule has 1 saturated carbocycles. The van der Waals surface area contributed by atoms with Gasteiger partial charge in [0.2, 0.25) is 0 Å². The summed E-state index contributed by atoms with van der Waals surface area (Å²) in [5, 5.41) is 14.7. The van der Waals surface area contributed by atoms with E-state index < -0.39 is 0 Å². The molecule has 3 heteroatoms. The Kier molecular flexibility index (Phi) is 4.44. The molecule has 1 fully saturated rings. The van der Waals surface area contributed by atoms with Crippen LogP contribution in [0.4, 0.5) is 0 Å². The lowest BCUT2D eigenvalue weighted by molar-refractivity contribution is 0.0469. The average molecular weight is 250 g/mol. The number of nitrogens with zero attached hydrogens (tertiary/aromatic N) is 2. The Bertz CT molecular complexity index is 372. The molecule has 0 spiro atoms. The van der Waals surface area contributed by atoms with Gasteiger partial charge in [0.15, 0.2) is 0 Å². The van der Waals surface area contributed by atoms with E-state index in [4.69, 9.17) is 0 Å². The Morgan fingerprint density at radius 2 is 2.22 bits per heavy atom. The lowest BCUT2D eigenvalue weighted by Gasteiger charge is -2.32. The predicted octanol–water partition coefficient (Wildman–Crippen LogP) is 3.19. The highest BCUT2D eigenvalue weighted by Gasteiger charge is 2.28. The normalized spacial score (nSPS) is 28.8. The van der Waals surface area contributed by atoms with Gasteiger partial charge in [-0.15, -0.1) is 0 Å². The lowest BCUT2D eigenvalue weighted by Crippen LogP contribution is -2.30. The van der Waals surface area contributed by atoms with Gasteiger partial charge >= 0.3 is 0 Å². The number of hydrogen-bond donors (Lipinski definition) is 1. The molecule has 1 aliphatic carbocycles. The highest BCUT2D eigenvalue weighted by Crippen LogP contribution is 2.33. The maximum absolute atomic E-state index is 10.1. The van der Waals surface area contributed by atoms with E-state index in [1.54, 1.807) is 0 Å².